The van der Waals surface area contributed by atoms with Gasteiger partial charge in [0, 0.05) is 69.4 Å². The smallest absolute Gasteiger partial charge is 0.255 e. The van der Waals surface area contributed by atoms with Crippen molar-refractivity contribution in [3.8, 4) is 24.3 Å². The third-order valence-corrected chi connectivity index (χ3v) is 21.1. The standard InChI is InChI=1S/C22H16BrCl2N3O.C22H17BrClN3O.C21H13BrCl2FN3O.C21H14BrClFN3O/c1-12-7-15(3-4-16(12)10-26)22(29)28-21(14-5-6-18(24)19(25)9-14)20-13(2)8-17(23)11-27-20;1-13-9-16(3-4-17(13)11-25)22(28)27-21(15-5-7-19(24)8-6-15)20-14(2)10-18(23)12-26-20;1-11-6-15(22)10-27-19(11)20(12-4-5-16(23)17(24)7-12)28-21(29)13-2-3-14(9-26)18(25)8-13;1-12-8-15(22)11-26-19(12)20(14-3-5-16(23)6-4-14)27-21(28)17-7-2-13(10-25)9-18(17)24/h3-9,11,21H,1-2H3,(H,28,29);3-10,12,21H,1-2H3,(H,27,28);2-8,10,20H,1H3,(H,28,29);2-9,11,20H,1H3,(H,27,28)/t2*21-;2*20-/m0000/s1. The summed E-state index contributed by atoms with van der Waals surface area (Å²) in [4.78, 5) is 69.5. The van der Waals surface area contributed by atoms with E-state index in [1.807, 2.05) is 83.2 Å². The van der Waals surface area contributed by atoms with Crippen molar-refractivity contribution in [3.63, 3.8) is 0 Å². The second kappa shape index (κ2) is 40.6. The molecule has 8 aromatic carbocycles. The molecule has 4 heterocycles. The highest BCUT2D eigenvalue weighted by Crippen LogP contribution is 2.35. The first-order valence-corrected chi connectivity index (χ1v) is 39.3. The van der Waals surface area contributed by atoms with Gasteiger partial charge in [-0.15, -0.1) is 0 Å². The van der Waals surface area contributed by atoms with Gasteiger partial charge in [0.05, 0.1) is 113 Å². The van der Waals surface area contributed by atoms with E-state index >= 15 is 0 Å². The predicted octanol–water partition coefficient (Wildman–Crippen LogP) is 23.0. The average molecular weight is 1900 g/mol. The van der Waals surface area contributed by atoms with Gasteiger partial charge in [-0.3, -0.25) is 39.1 Å². The number of carbonyl (C=O) groups excluding carboxylic acids is 4. The van der Waals surface area contributed by atoms with Crippen LogP contribution in [0, 0.1) is 98.5 Å². The maximum atomic E-state index is 14.3. The summed E-state index contributed by atoms with van der Waals surface area (Å²) in [6, 6.07) is 55.2. The van der Waals surface area contributed by atoms with E-state index in [1.54, 1.807) is 141 Å². The van der Waals surface area contributed by atoms with Crippen molar-refractivity contribution >= 4 is 157 Å². The van der Waals surface area contributed by atoms with Crippen molar-refractivity contribution in [1.29, 1.82) is 21.0 Å². The van der Waals surface area contributed by atoms with E-state index in [9.17, 15) is 28.0 Å². The molecule has 0 saturated heterocycles. The number of hydrogen-bond donors (Lipinski definition) is 4. The summed E-state index contributed by atoms with van der Waals surface area (Å²) in [5.41, 5.74) is 12.8. The monoisotopic (exact) mass is 1890 g/mol. The Kier molecular flexibility index (Phi) is 31.3. The third-order valence-electron chi connectivity index (χ3n) is 17.4. The van der Waals surface area contributed by atoms with Gasteiger partial charge in [0.15, 0.2) is 0 Å². The lowest BCUT2D eigenvalue weighted by molar-refractivity contribution is 0.0930. The molecule has 0 aliphatic rings. The molecular formula is C86H60Br4Cl6F2N12O4. The quantitative estimate of drug-likeness (QED) is 0.0704. The zero-order valence-corrected chi connectivity index (χ0v) is 71.6. The Hall–Kier alpha value is -10.3. The molecule has 4 atom stereocenters. The lowest BCUT2D eigenvalue weighted by atomic mass is 9.99. The van der Waals surface area contributed by atoms with Crippen LogP contribution in [0.3, 0.4) is 0 Å². The van der Waals surface area contributed by atoms with Crippen LogP contribution < -0.4 is 21.3 Å². The minimum absolute atomic E-state index is 0.0846. The van der Waals surface area contributed by atoms with E-state index in [0.29, 0.717) is 75.0 Å². The number of nitrogens with zero attached hydrogens (tertiary/aromatic N) is 8. The number of aromatic nitrogens is 4. The fourth-order valence-electron chi connectivity index (χ4n) is 11.6. The normalized spacial score (nSPS) is 11.6. The molecule has 4 amide bonds. The molecule has 114 heavy (non-hydrogen) atoms. The van der Waals surface area contributed by atoms with Gasteiger partial charge in [-0.2, -0.15) is 21.0 Å². The van der Waals surface area contributed by atoms with Crippen LogP contribution in [-0.2, 0) is 0 Å². The topological polar surface area (TPSA) is 263 Å². The number of hydrogen-bond acceptors (Lipinski definition) is 12. The van der Waals surface area contributed by atoms with Crippen molar-refractivity contribution in [2.75, 3.05) is 0 Å². The average Bonchev–Trinajstić information content (AvgIpc) is 0.816. The minimum Gasteiger partial charge on any atom is -0.340 e. The van der Waals surface area contributed by atoms with E-state index < -0.39 is 47.6 Å². The van der Waals surface area contributed by atoms with Crippen LogP contribution in [0.2, 0.25) is 30.1 Å². The van der Waals surface area contributed by atoms with E-state index in [0.717, 1.165) is 85.8 Å². The first-order valence-electron chi connectivity index (χ1n) is 33.9. The second-order valence-corrected chi connectivity index (χ2v) is 31.6. The maximum absolute atomic E-state index is 14.3. The van der Waals surface area contributed by atoms with Crippen molar-refractivity contribution < 1.29 is 28.0 Å². The number of rotatable bonds is 16. The van der Waals surface area contributed by atoms with Crippen molar-refractivity contribution in [2.24, 2.45) is 0 Å². The Labute approximate surface area is 720 Å². The molecule has 0 aliphatic heterocycles. The number of aryl methyl sites for hydroxylation is 6. The molecule has 0 unspecified atom stereocenters. The molecular weight excluding hydrogens is 1840 g/mol. The summed E-state index contributed by atoms with van der Waals surface area (Å²) in [6.07, 6.45) is 6.66. The molecule has 28 heteroatoms. The van der Waals surface area contributed by atoms with Gasteiger partial charge in [0.2, 0.25) is 0 Å². The first kappa shape index (κ1) is 87.7. The SMILES string of the molecule is Cc1cc(Br)cnc1[C@@H](NC(=O)c1ccc(C#N)c(F)c1)c1ccc(Cl)c(Cl)c1.Cc1cc(Br)cnc1[C@@H](NC(=O)c1ccc(C#N)cc1F)c1ccc(Cl)cc1.Cc1cc(C(=O)N[C@@H](c2ccc(Cl)c(Cl)c2)c2ncc(Br)cc2C)ccc1C#N.Cc1cc(C(=O)N[C@@H](c2ccc(Cl)cc2)c2ncc(Br)cc2C)ccc1C#N. The Bertz CT molecular complexity index is 5680. The second-order valence-electron chi connectivity index (χ2n) is 25.4. The Morgan fingerprint density at radius 3 is 0.947 bits per heavy atom. The zero-order valence-electron chi connectivity index (χ0n) is 60.7. The molecule has 4 aromatic heterocycles. The molecule has 4 N–H and O–H groups in total. The summed E-state index contributed by atoms with van der Waals surface area (Å²) < 4.78 is 31.6. The summed E-state index contributed by atoms with van der Waals surface area (Å²) in [5, 5.41) is 50.5. The molecule has 12 aromatic rings. The number of nitriles is 4. The Balaban J connectivity index is 0.000000174. The van der Waals surface area contributed by atoms with Gasteiger partial charge in [0.1, 0.15) is 17.7 Å². The van der Waals surface area contributed by atoms with Gasteiger partial charge >= 0.3 is 0 Å². The van der Waals surface area contributed by atoms with Crippen LogP contribution in [0.4, 0.5) is 8.78 Å². The van der Waals surface area contributed by atoms with Crippen molar-refractivity contribution in [3.05, 3.63) is 389 Å². The van der Waals surface area contributed by atoms with Crippen LogP contribution in [0.5, 0.6) is 0 Å². The molecule has 572 valence electrons. The first-order chi connectivity index (χ1) is 54.4. The fourth-order valence-corrected chi connectivity index (χ4v) is 14.2. The van der Waals surface area contributed by atoms with Crippen LogP contribution in [0.1, 0.15) is 166 Å². The summed E-state index contributed by atoms with van der Waals surface area (Å²) in [6.45, 7) is 11.2. The fraction of sp³-hybridized carbons (Fsp3) is 0.116. The number of amides is 4. The number of halogens is 12. The maximum Gasteiger partial charge on any atom is 0.255 e. The molecule has 16 nitrogen and oxygen atoms in total. The van der Waals surface area contributed by atoms with Crippen molar-refractivity contribution in [2.45, 2.75) is 65.7 Å². The number of carbonyl (C=O) groups is 4. The minimum atomic E-state index is -0.760. The van der Waals surface area contributed by atoms with Crippen molar-refractivity contribution in [1.82, 2.24) is 41.2 Å². The lowest BCUT2D eigenvalue weighted by Gasteiger charge is -2.21. The largest absolute Gasteiger partial charge is 0.340 e. The van der Waals surface area contributed by atoms with Crippen LogP contribution in [0.15, 0.2) is 225 Å². The van der Waals surface area contributed by atoms with Gasteiger partial charge in [-0.05, 0) is 306 Å². The van der Waals surface area contributed by atoms with E-state index in [-0.39, 0.29) is 34.1 Å². The highest BCUT2D eigenvalue weighted by Gasteiger charge is 2.28. The number of nitrogens with one attached hydrogen (secondary N) is 4. The van der Waals surface area contributed by atoms with Crippen LogP contribution in [-0.4, -0.2) is 43.6 Å². The molecule has 0 bridgehead atoms. The molecule has 12 rings (SSSR count). The van der Waals surface area contributed by atoms with E-state index in [1.165, 1.54) is 24.3 Å². The lowest BCUT2D eigenvalue weighted by Crippen LogP contribution is -2.31. The zero-order chi connectivity index (χ0) is 82.8. The van der Waals surface area contributed by atoms with Gasteiger partial charge in [-0.25, -0.2) is 8.78 Å². The van der Waals surface area contributed by atoms with Gasteiger partial charge in [-0.1, -0.05) is 106 Å². The summed E-state index contributed by atoms with van der Waals surface area (Å²) in [5.74, 6) is -3.16. The Morgan fingerprint density at radius 1 is 0.333 bits per heavy atom. The van der Waals surface area contributed by atoms with Gasteiger partial charge in [0.25, 0.3) is 23.6 Å². The van der Waals surface area contributed by atoms with E-state index in [4.69, 9.17) is 90.7 Å². The molecule has 0 aliphatic carbocycles. The van der Waals surface area contributed by atoms with E-state index in [2.05, 4.69) is 117 Å². The number of benzene rings is 8. The predicted molar refractivity (Wildman–Crippen MR) is 454 cm³/mol. The third kappa shape index (κ3) is 23.0. The molecule has 0 saturated carbocycles. The Morgan fingerprint density at radius 2 is 0.649 bits per heavy atom. The number of pyridine rings is 4. The summed E-state index contributed by atoms with van der Waals surface area (Å²) >= 11 is 50.1. The van der Waals surface area contributed by atoms with Crippen LogP contribution in [0.25, 0.3) is 0 Å². The molecule has 0 radical (unpaired) electrons. The summed E-state index contributed by atoms with van der Waals surface area (Å²) in [7, 11) is 0. The highest BCUT2D eigenvalue weighted by molar-refractivity contribution is 9.11. The van der Waals surface area contributed by atoms with Gasteiger partial charge < -0.3 is 21.3 Å². The molecule has 0 fully saturated rings. The van der Waals surface area contributed by atoms with Crippen LogP contribution >= 0.6 is 133 Å². The highest BCUT2D eigenvalue weighted by atomic mass is 79.9. The molecule has 0 spiro atoms.